The second-order valence-electron chi connectivity index (χ2n) is 14.4. The zero-order chi connectivity index (χ0) is 43.8. The fraction of sp³-hybridized carbons (Fsp3) is 0.279. The van der Waals surface area contributed by atoms with Gasteiger partial charge in [0.1, 0.15) is 41.7 Å². The van der Waals surface area contributed by atoms with E-state index in [1.807, 2.05) is 30.3 Å². The summed E-state index contributed by atoms with van der Waals surface area (Å²) in [5, 5.41) is 51.2. The standard InChI is InChI=1S/C43H46N6O11/c1-23(45-40(56)33(22-50)48(3)42(58)28-13-11-27(12-14-28)26-8-6-5-7-9-26)38(54)44-21-36(53)49(4)37-29-15-17-35(52)31(20-29)30-18-25(10-16-34(30)51)19-32(43(59)60)47-39(55)24(2)46-41(37)57/h5-18,20,23-24,32-33,37,50-52H,19,21-22H2,1-4H3,(H,44,54)(H,45,56)(H,46,57)(H,47,55)(H,59,60)/t23-,24+,32+,33-,37+/m1/s1. The molecule has 4 aromatic carbocycles. The summed E-state index contributed by atoms with van der Waals surface area (Å²) < 4.78 is 0. The smallest absolute Gasteiger partial charge is 0.326 e. The predicted octanol–water partition coefficient (Wildman–Crippen LogP) is 1.32. The Morgan fingerprint density at radius 2 is 1.42 bits per heavy atom. The van der Waals surface area contributed by atoms with Gasteiger partial charge in [0, 0.05) is 37.2 Å². The number of aliphatic hydroxyl groups is 1. The Hall–Kier alpha value is -7.27. The van der Waals surface area contributed by atoms with Crippen molar-refractivity contribution in [2.75, 3.05) is 27.2 Å². The van der Waals surface area contributed by atoms with Crippen LogP contribution in [0.1, 0.15) is 41.4 Å². The van der Waals surface area contributed by atoms with E-state index in [0.717, 1.165) is 20.9 Å². The van der Waals surface area contributed by atoms with Crippen molar-refractivity contribution >= 4 is 41.4 Å². The van der Waals surface area contributed by atoms with E-state index in [4.69, 9.17) is 0 Å². The van der Waals surface area contributed by atoms with Gasteiger partial charge in [-0.15, -0.1) is 0 Å². The molecule has 0 saturated heterocycles. The van der Waals surface area contributed by atoms with E-state index in [0.29, 0.717) is 5.56 Å². The number of carboxylic acid groups (broad SMARTS) is 1. The van der Waals surface area contributed by atoms with Gasteiger partial charge in [-0.1, -0.05) is 54.6 Å². The maximum atomic E-state index is 13.9. The van der Waals surface area contributed by atoms with Crippen molar-refractivity contribution in [2.24, 2.45) is 0 Å². The number of nitrogens with one attached hydrogen (secondary N) is 4. The van der Waals surface area contributed by atoms with Gasteiger partial charge in [-0.25, -0.2) is 4.79 Å². The number of nitrogens with zero attached hydrogens (tertiary/aromatic N) is 2. The summed E-state index contributed by atoms with van der Waals surface area (Å²) in [6, 6.07) is 17.6. The molecule has 8 N–H and O–H groups in total. The van der Waals surface area contributed by atoms with Crippen LogP contribution < -0.4 is 21.3 Å². The largest absolute Gasteiger partial charge is 0.507 e. The number of rotatable bonds is 11. The fourth-order valence-electron chi connectivity index (χ4n) is 6.63. The predicted molar refractivity (Wildman–Crippen MR) is 217 cm³/mol. The van der Waals surface area contributed by atoms with Crippen molar-refractivity contribution < 1.29 is 54.0 Å². The van der Waals surface area contributed by atoms with Gasteiger partial charge >= 0.3 is 5.97 Å². The molecule has 0 saturated carbocycles. The first kappa shape index (κ1) is 43.8. The SMILES string of the molecule is C[C@@H]1NC(=O)[C@@H](N(C)C(=O)CNC(=O)[C@@H](C)NC(=O)[C@@H](CO)N(C)C(=O)c2ccc(-c3ccccc3)cc2)c2ccc(O)c(c2)-c2cc(ccc2O)C[C@@H](C(=O)O)NC1=O. The second kappa shape index (κ2) is 19.0. The monoisotopic (exact) mass is 822 g/mol. The van der Waals surface area contributed by atoms with Crippen molar-refractivity contribution in [3.8, 4) is 33.8 Å². The van der Waals surface area contributed by atoms with E-state index in [2.05, 4.69) is 21.3 Å². The number of carbonyl (C=O) groups excluding carboxylic acids is 6. The number of phenolic OH excluding ortho intramolecular Hbond substituents is 2. The molecular weight excluding hydrogens is 777 g/mol. The quantitative estimate of drug-likeness (QED) is 0.107. The molecule has 1 heterocycles. The lowest BCUT2D eigenvalue weighted by atomic mass is 9.94. The van der Waals surface area contributed by atoms with E-state index >= 15 is 0 Å². The number of benzene rings is 4. The van der Waals surface area contributed by atoms with Crippen molar-refractivity contribution in [3.05, 3.63) is 108 Å². The summed E-state index contributed by atoms with van der Waals surface area (Å²) >= 11 is 0. The number of carboxylic acids is 1. The number of aromatic hydroxyl groups is 2. The third-order valence-electron chi connectivity index (χ3n) is 10.2. The molecule has 4 bridgehead atoms. The zero-order valence-corrected chi connectivity index (χ0v) is 33.2. The number of hydrogen-bond acceptors (Lipinski definition) is 10. The first-order chi connectivity index (χ1) is 28.5. The molecule has 0 fully saturated rings. The molecule has 1 aliphatic heterocycles. The van der Waals surface area contributed by atoms with E-state index in [1.165, 1.54) is 64.3 Å². The number of phenols is 2. The fourth-order valence-corrected chi connectivity index (χ4v) is 6.63. The van der Waals surface area contributed by atoms with Crippen LogP contribution in [0.15, 0.2) is 91.0 Å². The molecule has 0 unspecified atom stereocenters. The Bertz CT molecular complexity index is 2280. The van der Waals surface area contributed by atoms with Crippen LogP contribution >= 0.6 is 0 Å². The van der Waals surface area contributed by atoms with E-state index in [9.17, 15) is 54.0 Å². The number of hydrogen-bond donors (Lipinski definition) is 8. The molecule has 0 radical (unpaired) electrons. The maximum Gasteiger partial charge on any atom is 0.326 e. The zero-order valence-electron chi connectivity index (χ0n) is 33.2. The number of carbonyl (C=O) groups is 7. The van der Waals surface area contributed by atoms with Gasteiger partial charge in [-0.05, 0) is 72.5 Å². The van der Waals surface area contributed by atoms with Crippen LogP contribution in [0.5, 0.6) is 11.5 Å². The Balaban J connectivity index is 1.28. The lowest BCUT2D eigenvalue weighted by Gasteiger charge is -2.30. The van der Waals surface area contributed by atoms with Crippen LogP contribution in [0, 0.1) is 0 Å². The first-order valence-corrected chi connectivity index (χ1v) is 18.9. The Morgan fingerprint density at radius 1 is 0.800 bits per heavy atom. The number of aliphatic carboxylic acids is 1. The molecule has 17 heteroatoms. The van der Waals surface area contributed by atoms with Crippen LogP contribution in [0.25, 0.3) is 22.3 Å². The van der Waals surface area contributed by atoms with E-state index in [1.54, 1.807) is 24.3 Å². The number of amides is 6. The van der Waals surface area contributed by atoms with Crippen molar-refractivity contribution in [1.82, 2.24) is 31.1 Å². The highest BCUT2D eigenvalue weighted by molar-refractivity contribution is 5.99. The van der Waals surface area contributed by atoms with Gasteiger partial charge < -0.3 is 51.5 Å². The maximum absolute atomic E-state index is 13.9. The average molecular weight is 823 g/mol. The normalized spacial score (nSPS) is 17.4. The molecule has 5 rings (SSSR count). The van der Waals surface area contributed by atoms with Crippen LogP contribution in [-0.2, 0) is 35.2 Å². The Morgan fingerprint density at radius 3 is 2.05 bits per heavy atom. The van der Waals surface area contributed by atoms with Gasteiger partial charge in [0.15, 0.2) is 0 Å². The number of aliphatic hydroxyl groups excluding tert-OH is 1. The van der Waals surface area contributed by atoms with Crippen LogP contribution in [-0.4, -0.2) is 123 Å². The van der Waals surface area contributed by atoms with E-state index < -0.39 is 84.8 Å². The number of likely N-dealkylation sites (N-methyl/N-ethyl adjacent to an activating group) is 2. The molecule has 4 aromatic rings. The molecule has 314 valence electrons. The lowest BCUT2D eigenvalue weighted by molar-refractivity contribution is -0.143. The van der Waals surface area contributed by atoms with Crippen molar-refractivity contribution in [1.29, 1.82) is 0 Å². The van der Waals surface area contributed by atoms with Gasteiger partial charge in [0.25, 0.3) is 5.91 Å². The molecular formula is C43H46N6O11. The summed E-state index contributed by atoms with van der Waals surface area (Å²) in [5.74, 6) is -6.66. The topological polar surface area (TPSA) is 255 Å². The minimum atomic E-state index is -1.49. The van der Waals surface area contributed by atoms with Gasteiger partial charge in [-0.3, -0.25) is 28.8 Å². The molecule has 60 heavy (non-hydrogen) atoms. The van der Waals surface area contributed by atoms with Crippen molar-refractivity contribution in [3.63, 3.8) is 0 Å². The number of fused-ring (bicyclic) bond motifs is 5. The Kier molecular flexibility index (Phi) is 13.9. The summed E-state index contributed by atoms with van der Waals surface area (Å²) in [5.41, 5.74) is 2.76. The summed E-state index contributed by atoms with van der Waals surface area (Å²) in [4.78, 5) is 94.3. The first-order valence-electron chi connectivity index (χ1n) is 18.9. The molecule has 0 aromatic heterocycles. The summed E-state index contributed by atoms with van der Waals surface area (Å²) in [7, 11) is 2.60. The average Bonchev–Trinajstić information content (AvgIpc) is 3.23. The highest BCUT2D eigenvalue weighted by Gasteiger charge is 2.34. The van der Waals surface area contributed by atoms with Crippen LogP contribution in [0.4, 0.5) is 0 Å². The second-order valence-corrected chi connectivity index (χ2v) is 14.4. The summed E-state index contributed by atoms with van der Waals surface area (Å²) in [6.07, 6.45) is -0.188. The minimum absolute atomic E-state index is 0.0545. The molecule has 5 atom stereocenters. The lowest BCUT2D eigenvalue weighted by Crippen LogP contribution is -2.55. The molecule has 17 nitrogen and oxygen atoms in total. The Labute approximate surface area is 345 Å². The van der Waals surface area contributed by atoms with Gasteiger partial charge in [0.2, 0.25) is 29.5 Å². The molecule has 0 spiro atoms. The molecule has 1 aliphatic rings. The van der Waals surface area contributed by atoms with Gasteiger partial charge in [-0.2, -0.15) is 0 Å². The highest BCUT2D eigenvalue weighted by atomic mass is 16.4. The minimum Gasteiger partial charge on any atom is -0.507 e. The van der Waals surface area contributed by atoms with Crippen LogP contribution in [0.3, 0.4) is 0 Å². The van der Waals surface area contributed by atoms with E-state index in [-0.39, 0.29) is 40.2 Å². The third-order valence-corrected chi connectivity index (χ3v) is 10.2. The van der Waals surface area contributed by atoms with Crippen LogP contribution in [0.2, 0.25) is 0 Å². The molecule has 6 amide bonds. The highest BCUT2D eigenvalue weighted by Crippen LogP contribution is 2.38. The molecule has 0 aliphatic carbocycles. The van der Waals surface area contributed by atoms with Gasteiger partial charge in [0.05, 0.1) is 13.2 Å². The third kappa shape index (κ3) is 10.0. The summed E-state index contributed by atoms with van der Waals surface area (Å²) in [6.45, 7) is 1.21. The van der Waals surface area contributed by atoms with Crippen molar-refractivity contribution in [2.45, 2.75) is 50.5 Å².